The van der Waals surface area contributed by atoms with Crippen molar-refractivity contribution in [1.82, 2.24) is 30.1 Å². The lowest BCUT2D eigenvalue weighted by molar-refractivity contribution is -0.117. The average Bonchev–Trinajstić information content (AvgIpc) is 3.35. The number of hydrogen-bond acceptors (Lipinski definition) is 5. The lowest BCUT2D eigenvalue weighted by Gasteiger charge is -2.17. The fourth-order valence-electron chi connectivity index (χ4n) is 3.68. The number of carbonyl (C=O) groups is 1. The molecule has 0 fully saturated rings. The molecule has 0 unspecified atom stereocenters. The molecule has 5 heterocycles. The summed E-state index contributed by atoms with van der Waals surface area (Å²) in [6, 6.07) is 9.69. The zero-order valence-corrected chi connectivity index (χ0v) is 18.1. The smallest absolute Gasteiger partial charge is 0.224 e. The summed E-state index contributed by atoms with van der Waals surface area (Å²) >= 11 is 0. The van der Waals surface area contributed by atoms with E-state index in [9.17, 15) is 4.79 Å². The van der Waals surface area contributed by atoms with Crippen LogP contribution < -0.4 is 5.32 Å². The van der Waals surface area contributed by atoms with Crippen molar-refractivity contribution >= 4 is 33.5 Å². The Labute approximate surface area is 184 Å². The number of aromatic amines is 2. The number of carbonyl (C=O) groups excluding carboxylic acids is 1. The first kappa shape index (κ1) is 19.9. The molecule has 160 valence electrons. The van der Waals surface area contributed by atoms with Crippen LogP contribution in [-0.2, 0) is 4.79 Å². The summed E-state index contributed by atoms with van der Waals surface area (Å²) in [6.45, 7) is 6.10. The molecule has 0 radical (unpaired) electrons. The van der Waals surface area contributed by atoms with Crippen LogP contribution in [0.4, 0.5) is 5.69 Å². The van der Waals surface area contributed by atoms with Gasteiger partial charge < -0.3 is 10.3 Å². The van der Waals surface area contributed by atoms with E-state index in [4.69, 9.17) is 4.98 Å². The molecule has 0 aliphatic rings. The van der Waals surface area contributed by atoms with Crippen molar-refractivity contribution in [2.24, 2.45) is 5.41 Å². The van der Waals surface area contributed by atoms with Crippen molar-refractivity contribution in [3.8, 4) is 22.6 Å². The molecule has 8 nitrogen and oxygen atoms in total. The highest BCUT2D eigenvalue weighted by Crippen LogP contribution is 2.29. The van der Waals surface area contributed by atoms with Crippen molar-refractivity contribution in [2.75, 3.05) is 5.32 Å². The van der Waals surface area contributed by atoms with E-state index in [0.717, 1.165) is 44.6 Å². The van der Waals surface area contributed by atoms with Crippen LogP contribution in [0, 0.1) is 5.41 Å². The SMILES string of the molecule is CC(C)(C)CC(=O)Nc1cncc(-c2ccc3[nH]nc(-c4cc5cnccc5[nH]4)c3n2)c1. The molecule has 5 aromatic rings. The molecule has 0 spiro atoms. The summed E-state index contributed by atoms with van der Waals surface area (Å²) in [5.74, 6) is -0.0368. The van der Waals surface area contributed by atoms with Crippen LogP contribution in [0.3, 0.4) is 0 Å². The lowest BCUT2D eigenvalue weighted by atomic mass is 9.92. The number of amides is 1. The monoisotopic (exact) mass is 425 g/mol. The quantitative estimate of drug-likeness (QED) is 0.378. The summed E-state index contributed by atoms with van der Waals surface area (Å²) in [6.07, 6.45) is 7.38. The van der Waals surface area contributed by atoms with Crippen LogP contribution in [0.15, 0.2) is 55.1 Å². The number of pyridine rings is 3. The highest BCUT2D eigenvalue weighted by Gasteiger charge is 2.17. The van der Waals surface area contributed by atoms with E-state index in [1.165, 1.54) is 0 Å². The molecule has 0 saturated heterocycles. The number of rotatable bonds is 4. The fourth-order valence-corrected chi connectivity index (χ4v) is 3.68. The van der Waals surface area contributed by atoms with Gasteiger partial charge in [0.2, 0.25) is 5.91 Å². The van der Waals surface area contributed by atoms with Gasteiger partial charge in [0.25, 0.3) is 0 Å². The molecule has 0 aromatic carbocycles. The van der Waals surface area contributed by atoms with Gasteiger partial charge in [-0.3, -0.25) is 19.9 Å². The number of anilines is 1. The van der Waals surface area contributed by atoms with E-state index in [2.05, 4.69) is 30.5 Å². The maximum atomic E-state index is 12.3. The van der Waals surface area contributed by atoms with Crippen LogP contribution in [0.1, 0.15) is 27.2 Å². The van der Waals surface area contributed by atoms with Gasteiger partial charge >= 0.3 is 0 Å². The Morgan fingerprint density at radius 1 is 1.03 bits per heavy atom. The van der Waals surface area contributed by atoms with Gasteiger partial charge in [-0.2, -0.15) is 5.10 Å². The van der Waals surface area contributed by atoms with E-state index < -0.39 is 0 Å². The highest BCUT2D eigenvalue weighted by molar-refractivity contribution is 5.94. The van der Waals surface area contributed by atoms with Crippen LogP contribution in [0.2, 0.25) is 0 Å². The third-order valence-corrected chi connectivity index (χ3v) is 5.09. The van der Waals surface area contributed by atoms with E-state index in [1.54, 1.807) is 18.6 Å². The third kappa shape index (κ3) is 3.94. The first-order chi connectivity index (χ1) is 15.4. The van der Waals surface area contributed by atoms with Crippen LogP contribution >= 0.6 is 0 Å². The minimum Gasteiger partial charge on any atom is -0.353 e. The number of H-pyrrole nitrogens is 2. The van der Waals surface area contributed by atoms with Gasteiger partial charge in [-0.05, 0) is 35.7 Å². The maximum absolute atomic E-state index is 12.3. The normalized spacial score (nSPS) is 11.8. The first-order valence-corrected chi connectivity index (χ1v) is 10.4. The molecule has 0 aliphatic heterocycles. The van der Waals surface area contributed by atoms with Gasteiger partial charge in [-0.15, -0.1) is 0 Å². The number of hydrogen-bond donors (Lipinski definition) is 3. The van der Waals surface area contributed by atoms with E-state index in [0.29, 0.717) is 12.1 Å². The minimum atomic E-state index is -0.0852. The Morgan fingerprint density at radius 2 is 1.91 bits per heavy atom. The molecule has 0 atom stereocenters. The van der Waals surface area contributed by atoms with Gasteiger partial charge in [0.05, 0.1) is 28.8 Å². The summed E-state index contributed by atoms with van der Waals surface area (Å²) in [5, 5.41) is 11.5. The molecule has 0 aliphatic carbocycles. The Kier molecular flexibility index (Phi) is 4.70. The third-order valence-electron chi connectivity index (χ3n) is 5.09. The van der Waals surface area contributed by atoms with Crippen molar-refractivity contribution in [3.63, 3.8) is 0 Å². The van der Waals surface area contributed by atoms with Gasteiger partial charge in [-0.25, -0.2) is 4.98 Å². The zero-order chi connectivity index (χ0) is 22.3. The van der Waals surface area contributed by atoms with Gasteiger partial charge in [0, 0.05) is 41.5 Å². The predicted molar refractivity (Wildman–Crippen MR) is 125 cm³/mol. The summed E-state index contributed by atoms with van der Waals surface area (Å²) in [4.78, 5) is 29.0. The molecular weight excluding hydrogens is 402 g/mol. The largest absolute Gasteiger partial charge is 0.353 e. The zero-order valence-electron chi connectivity index (χ0n) is 18.1. The van der Waals surface area contributed by atoms with Crippen LogP contribution in [-0.4, -0.2) is 36.0 Å². The Balaban J connectivity index is 1.49. The molecule has 5 aromatic heterocycles. The Bertz CT molecular complexity index is 1410. The van der Waals surface area contributed by atoms with Crippen molar-refractivity contribution in [3.05, 3.63) is 55.1 Å². The van der Waals surface area contributed by atoms with E-state index >= 15 is 0 Å². The molecule has 32 heavy (non-hydrogen) atoms. The standard InChI is InChI=1S/C24H23N7O/c1-24(2,3)10-21(32)27-16-8-14(12-26-13-16)17-4-5-19-22(29-17)23(31-30-19)20-9-15-11-25-7-6-18(15)28-20/h4-9,11-13,28H,10H2,1-3H3,(H,27,32)(H,30,31). The fraction of sp³-hybridized carbons (Fsp3) is 0.208. The maximum Gasteiger partial charge on any atom is 0.224 e. The molecular formula is C24H23N7O. The highest BCUT2D eigenvalue weighted by atomic mass is 16.1. The first-order valence-electron chi connectivity index (χ1n) is 10.4. The van der Waals surface area contributed by atoms with Crippen molar-refractivity contribution in [2.45, 2.75) is 27.2 Å². The number of fused-ring (bicyclic) bond motifs is 2. The summed E-state index contributed by atoms with van der Waals surface area (Å²) < 4.78 is 0. The molecule has 8 heteroatoms. The topological polar surface area (TPSA) is 112 Å². The second-order valence-corrected chi connectivity index (χ2v) is 9.06. The molecule has 3 N–H and O–H groups in total. The molecule has 5 rings (SSSR count). The summed E-state index contributed by atoms with van der Waals surface area (Å²) in [7, 11) is 0. The van der Waals surface area contributed by atoms with Crippen LogP contribution in [0.5, 0.6) is 0 Å². The van der Waals surface area contributed by atoms with Gasteiger partial charge in [0.1, 0.15) is 11.2 Å². The lowest BCUT2D eigenvalue weighted by Crippen LogP contribution is -2.19. The Hall–Kier alpha value is -4.07. The second kappa shape index (κ2) is 7.56. The number of nitrogens with one attached hydrogen (secondary N) is 3. The molecule has 1 amide bonds. The summed E-state index contributed by atoms with van der Waals surface area (Å²) in [5.41, 5.74) is 6.31. The van der Waals surface area contributed by atoms with Crippen LogP contribution in [0.25, 0.3) is 44.6 Å². The van der Waals surface area contributed by atoms with E-state index in [-0.39, 0.29) is 11.3 Å². The molecule has 0 bridgehead atoms. The van der Waals surface area contributed by atoms with Gasteiger partial charge in [0.15, 0.2) is 0 Å². The number of nitrogens with zero attached hydrogens (tertiary/aromatic N) is 4. The van der Waals surface area contributed by atoms with Gasteiger partial charge in [-0.1, -0.05) is 20.8 Å². The van der Waals surface area contributed by atoms with E-state index in [1.807, 2.05) is 57.3 Å². The predicted octanol–water partition coefficient (Wildman–Crippen LogP) is 4.94. The minimum absolute atomic E-state index is 0.0368. The second-order valence-electron chi connectivity index (χ2n) is 9.06. The number of aromatic nitrogens is 6. The average molecular weight is 425 g/mol. The van der Waals surface area contributed by atoms with Crippen molar-refractivity contribution in [1.29, 1.82) is 0 Å². The molecule has 0 saturated carbocycles. The van der Waals surface area contributed by atoms with Crippen molar-refractivity contribution < 1.29 is 4.79 Å². The Morgan fingerprint density at radius 3 is 2.72 bits per heavy atom.